The Labute approximate surface area is 134 Å². The highest BCUT2D eigenvalue weighted by molar-refractivity contribution is 7.98. The van der Waals surface area contributed by atoms with Crippen LogP contribution in [0.25, 0.3) is 0 Å². The average molecular weight is 341 g/mol. The van der Waals surface area contributed by atoms with E-state index >= 15 is 0 Å². The summed E-state index contributed by atoms with van der Waals surface area (Å²) in [6, 6.07) is 4.50. The molecule has 2 heterocycles. The van der Waals surface area contributed by atoms with Gasteiger partial charge in [-0.05, 0) is 19.1 Å². The van der Waals surface area contributed by atoms with Gasteiger partial charge in [0.25, 0.3) is 5.22 Å². The van der Waals surface area contributed by atoms with Crippen molar-refractivity contribution in [2.24, 2.45) is 0 Å². The van der Waals surface area contributed by atoms with Gasteiger partial charge in [-0.15, -0.1) is 10.2 Å². The number of halogens is 2. The highest BCUT2D eigenvalue weighted by Crippen LogP contribution is 2.24. The maximum atomic E-state index is 13.7. The molecular formula is C13H10ClFN4O2S. The predicted octanol–water partition coefficient (Wildman–Crippen LogP) is 3.44. The summed E-state index contributed by atoms with van der Waals surface area (Å²) in [7, 11) is 0. The monoisotopic (exact) mass is 340 g/mol. The minimum Gasteiger partial charge on any atom is -0.416 e. The van der Waals surface area contributed by atoms with E-state index in [1.54, 1.807) is 19.1 Å². The first-order valence-corrected chi connectivity index (χ1v) is 7.65. The molecule has 2 aromatic heterocycles. The van der Waals surface area contributed by atoms with E-state index in [0.29, 0.717) is 33.3 Å². The Hall–Kier alpha value is -1.93. The van der Waals surface area contributed by atoms with Crippen LogP contribution in [0.3, 0.4) is 0 Å². The van der Waals surface area contributed by atoms with Crippen LogP contribution in [0.1, 0.15) is 23.2 Å². The summed E-state index contributed by atoms with van der Waals surface area (Å²) in [5, 5.41) is 12.1. The van der Waals surface area contributed by atoms with E-state index in [-0.39, 0.29) is 12.3 Å². The lowest BCUT2D eigenvalue weighted by Gasteiger charge is -2.01. The van der Waals surface area contributed by atoms with Crippen LogP contribution in [0.4, 0.5) is 4.39 Å². The minimum atomic E-state index is -0.402. The summed E-state index contributed by atoms with van der Waals surface area (Å²) in [6.07, 6.45) is 0.138. The molecule has 0 saturated heterocycles. The van der Waals surface area contributed by atoms with Crippen molar-refractivity contribution in [1.29, 1.82) is 0 Å². The summed E-state index contributed by atoms with van der Waals surface area (Å²) in [4.78, 5) is 4.07. The van der Waals surface area contributed by atoms with Crippen molar-refractivity contribution in [1.82, 2.24) is 20.3 Å². The number of nitrogens with zero attached hydrogens (tertiary/aromatic N) is 4. The summed E-state index contributed by atoms with van der Waals surface area (Å²) in [5.74, 6) is 1.34. The van der Waals surface area contributed by atoms with Gasteiger partial charge in [-0.25, -0.2) is 4.39 Å². The number of thioether (sulfide) groups is 1. The molecule has 0 N–H and O–H groups in total. The second-order valence-corrected chi connectivity index (χ2v) is 5.70. The second-order valence-electron chi connectivity index (χ2n) is 4.36. The molecule has 0 radical (unpaired) electrons. The van der Waals surface area contributed by atoms with E-state index in [2.05, 4.69) is 20.3 Å². The molecule has 0 fully saturated rings. The van der Waals surface area contributed by atoms with Crippen LogP contribution in [0.2, 0.25) is 5.02 Å². The van der Waals surface area contributed by atoms with Crippen LogP contribution in [-0.4, -0.2) is 20.3 Å². The highest BCUT2D eigenvalue weighted by atomic mass is 35.5. The number of aromatic nitrogens is 4. The van der Waals surface area contributed by atoms with Crippen molar-refractivity contribution >= 4 is 23.4 Å². The summed E-state index contributed by atoms with van der Waals surface area (Å²) in [5.41, 5.74) is 0.330. The Kier molecular flexibility index (Phi) is 4.39. The van der Waals surface area contributed by atoms with Crippen LogP contribution in [0, 0.1) is 12.7 Å². The normalized spacial score (nSPS) is 11.0. The standard InChI is InChI=1S/C13H10ClFN4O2S/c1-7-16-12(21-19-7)6-22-13-18-17-11(20-13)5-8-9(14)3-2-4-10(8)15/h2-4H,5-6H2,1H3. The minimum absolute atomic E-state index is 0.138. The Morgan fingerprint density at radius 2 is 2.14 bits per heavy atom. The summed E-state index contributed by atoms with van der Waals surface area (Å²) < 4.78 is 24.1. The average Bonchev–Trinajstić information content (AvgIpc) is 3.10. The number of benzene rings is 1. The van der Waals surface area contributed by atoms with E-state index < -0.39 is 5.82 Å². The first-order chi connectivity index (χ1) is 10.6. The van der Waals surface area contributed by atoms with E-state index in [1.165, 1.54) is 17.8 Å². The van der Waals surface area contributed by atoms with Gasteiger partial charge in [0.05, 0.1) is 12.2 Å². The van der Waals surface area contributed by atoms with Crippen molar-refractivity contribution in [2.45, 2.75) is 24.3 Å². The van der Waals surface area contributed by atoms with Crippen LogP contribution >= 0.6 is 23.4 Å². The lowest BCUT2D eigenvalue weighted by Crippen LogP contribution is -1.94. The zero-order valence-electron chi connectivity index (χ0n) is 11.4. The van der Waals surface area contributed by atoms with Crippen molar-refractivity contribution < 1.29 is 13.3 Å². The number of aryl methyl sites for hydroxylation is 1. The quantitative estimate of drug-likeness (QED) is 0.658. The molecule has 0 unspecified atom stereocenters. The maximum Gasteiger partial charge on any atom is 0.277 e. The third-order valence-electron chi connectivity index (χ3n) is 2.73. The molecule has 1 aromatic carbocycles. The van der Waals surface area contributed by atoms with E-state index in [1.807, 2.05) is 0 Å². The Balaban J connectivity index is 1.66. The molecule has 0 aliphatic heterocycles. The van der Waals surface area contributed by atoms with Crippen LogP contribution < -0.4 is 0 Å². The zero-order valence-corrected chi connectivity index (χ0v) is 13.0. The lowest BCUT2D eigenvalue weighted by atomic mass is 10.1. The molecule has 0 atom stereocenters. The zero-order chi connectivity index (χ0) is 15.5. The Morgan fingerprint density at radius 3 is 2.86 bits per heavy atom. The van der Waals surface area contributed by atoms with Gasteiger partial charge in [0, 0.05) is 10.6 Å². The van der Waals surface area contributed by atoms with E-state index in [0.717, 1.165) is 0 Å². The summed E-state index contributed by atoms with van der Waals surface area (Å²) >= 11 is 7.23. The van der Waals surface area contributed by atoms with E-state index in [9.17, 15) is 4.39 Å². The van der Waals surface area contributed by atoms with Gasteiger partial charge in [0.1, 0.15) is 5.82 Å². The van der Waals surface area contributed by atoms with Crippen molar-refractivity contribution in [2.75, 3.05) is 0 Å². The maximum absolute atomic E-state index is 13.7. The largest absolute Gasteiger partial charge is 0.416 e. The molecule has 0 aliphatic carbocycles. The smallest absolute Gasteiger partial charge is 0.277 e. The number of hydrogen-bond donors (Lipinski definition) is 0. The number of hydrogen-bond acceptors (Lipinski definition) is 7. The second kappa shape index (κ2) is 6.45. The van der Waals surface area contributed by atoms with Crippen LogP contribution in [-0.2, 0) is 12.2 Å². The third-order valence-corrected chi connectivity index (χ3v) is 3.88. The van der Waals surface area contributed by atoms with E-state index in [4.69, 9.17) is 20.5 Å². The molecule has 6 nitrogen and oxygen atoms in total. The fraction of sp³-hybridized carbons (Fsp3) is 0.231. The SMILES string of the molecule is Cc1noc(CSc2nnc(Cc3c(F)cccc3Cl)o2)n1. The lowest BCUT2D eigenvalue weighted by molar-refractivity contribution is 0.385. The fourth-order valence-electron chi connectivity index (χ4n) is 1.74. The van der Waals surface area contributed by atoms with Gasteiger partial charge < -0.3 is 8.94 Å². The van der Waals surface area contributed by atoms with Crippen molar-refractivity contribution in [3.8, 4) is 0 Å². The molecule has 0 saturated carbocycles. The molecule has 0 amide bonds. The fourth-order valence-corrected chi connectivity index (χ4v) is 2.59. The Bertz CT molecular complexity index is 772. The highest BCUT2D eigenvalue weighted by Gasteiger charge is 2.14. The molecule has 0 bridgehead atoms. The molecule has 114 valence electrons. The van der Waals surface area contributed by atoms with Gasteiger partial charge in [-0.3, -0.25) is 0 Å². The third kappa shape index (κ3) is 3.45. The molecule has 0 spiro atoms. The van der Waals surface area contributed by atoms with Crippen LogP contribution in [0.15, 0.2) is 32.4 Å². The van der Waals surface area contributed by atoms with Crippen molar-refractivity contribution in [3.63, 3.8) is 0 Å². The first kappa shape index (κ1) is 15.0. The predicted molar refractivity (Wildman–Crippen MR) is 77.1 cm³/mol. The van der Waals surface area contributed by atoms with Gasteiger partial charge in [0.15, 0.2) is 5.82 Å². The van der Waals surface area contributed by atoms with Crippen LogP contribution in [0.5, 0.6) is 0 Å². The molecule has 0 aliphatic rings. The van der Waals surface area contributed by atoms with Gasteiger partial charge in [0.2, 0.25) is 11.8 Å². The first-order valence-electron chi connectivity index (χ1n) is 6.29. The number of rotatable bonds is 5. The van der Waals surface area contributed by atoms with Crippen molar-refractivity contribution in [3.05, 3.63) is 52.2 Å². The molecule has 9 heteroatoms. The summed E-state index contributed by atoms with van der Waals surface area (Å²) in [6.45, 7) is 1.74. The van der Waals surface area contributed by atoms with Gasteiger partial charge in [-0.1, -0.05) is 34.6 Å². The Morgan fingerprint density at radius 1 is 1.27 bits per heavy atom. The topological polar surface area (TPSA) is 77.8 Å². The van der Waals surface area contributed by atoms with Gasteiger partial charge in [-0.2, -0.15) is 4.98 Å². The van der Waals surface area contributed by atoms with Gasteiger partial charge >= 0.3 is 0 Å². The molecule has 3 rings (SSSR count). The molecular weight excluding hydrogens is 331 g/mol. The molecule has 3 aromatic rings. The molecule has 22 heavy (non-hydrogen) atoms.